The lowest BCUT2D eigenvalue weighted by atomic mass is 10.2. The second-order valence-corrected chi connectivity index (χ2v) is 9.01. The lowest BCUT2D eigenvalue weighted by Gasteiger charge is -2.17. The van der Waals surface area contributed by atoms with Crippen molar-refractivity contribution in [3.05, 3.63) is 83.0 Å². The predicted molar refractivity (Wildman–Crippen MR) is 138 cm³/mol. The largest absolute Gasteiger partial charge is 0.573 e. The number of pyridine rings is 1. The van der Waals surface area contributed by atoms with Crippen LogP contribution >= 0.6 is 0 Å². The first-order chi connectivity index (χ1) is 19.8. The van der Waals surface area contributed by atoms with Crippen LogP contribution in [0.1, 0.15) is 33.7 Å². The molecule has 0 saturated heterocycles. The molecule has 0 fully saturated rings. The first-order valence-corrected chi connectivity index (χ1v) is 12.3. The molecule has 0 spiro atoms. The third-order valence-corrected chi connectivity index (χ3v) is 5.53. The van der Waals surface area contributed by atoms with Crippen molar-refractivity contribution in [2.24, 2.45) is 11.6 Å². The molecule has 1 atom stereocenters. The molecule has 12 nitrogen and oxygen atoms in total. The predicted octanol–water partition coefficient (Wildman–Crippen LogP) is 1.97. The number of alkyl halides is 4. The van der Waals surface area contributed by atoms with Gasteiger partial charge in [0.1, 0.15) is 23.4 Å². The molecule has 3 rings (SSSR count). The summed E-state index contributed by atoms with van der Waals surface area (Å²) in [5.41, 5.74) is 6.60. The number of carbonyl (C=O) groups is 2. The zero-order valence-electron chi connectivity index (χ0n) is 22.2. The fraction of sp³-hybridized carbons (Fsp3) is 0.320. The SMILES string of the molecule is Cc1ccc(CNC(=O)c2cn(CCC(F)CN(N)/C=C(\N)C(=O)NCc3cc(OC(F)(F)F)ccc3F)nn2)cn1. The normalized spacial score (nSPS) is 12.5. The van der Waals surface area contributed by atoms with E-state index >= 15 is 0 Å². The van der Waals surface area contributed by atoms with Crippen LogP contribution in [0.2, 0.25) is 0 Å². The molecule has 17 heteroatoms. The van der Waals surface area contributed by atoms with Gasteiger partial charge in [0.15, 0.2) is 5.69 Å². The van der Waals surface area contributed by atoms with Gasteiger partial charge >= 0.3 is 6.36 Å². The lowest BCUT2D eigenvalue weighted by Crippen LogP contribution is -2.36. The molecule has 1 unspecified atom stereocenters. The number of hydrogen-bond acceptors (Lipinski definition) is 9. The standard InChI is InChI=1S/C25H28F5N9O3/c1-15-2-3-16(9-33-15)10-34-24(41)22-14-39(37-36-22)7-6-18(26)12-38(32)13-21(31)23(40)35-11-17-8-19(4-5-20(17)27)42-25(28,29)30/h2-5,8-9,13-14,18H,6-7,10-12,31-32H2,1H3,(H,34,41)(H,35,40)/b21-13-. The molecular formula is C25H28F5N9O3. The van der Waals surface area contributed by atoms with Crippen molar-refractivity contribution in [2.75, 3.05) is 6.54 Å². The minimum atomic E-state index is -4.97. The molecule has 0 aliphatic carbocycles. The summed E-state index contributed by atoms with van der Waals surface area (Å²) in [7, 11) is 0. The minimum Gasteiger partial charge on any atom is -0.406 e. The van der Waals surface area contributed by atoms with Crippen molar-refractivity contribution in [2.45, 2.75) is 45.5 Å². The van der Waals surface area contributed by atoms with Crippen LogP contribution in [0.4, 0.5) is 22.0 Å². The molecule has 42 heavy (non-hydrogen) atoms. The van der Waals surface area contributed by atoms with Gasteiger partial charge in [-0.25, -0.2) is 14.6 Å². The number of hydrazine groups is 1. The Morgan fingerprint density at radius 2 is 1.95 bits per heavy atom. The molecule has 3 aromatic rings. The summed E-state index contributed by atoms with van der Waals surface area (Å²) in [6.45, 7) is 1.28. The highest BCUT2D eigenvalue weighted by Crippen LogP contribution is 2.24. The van der Waals surface area contributed by atoms with Gasteiger partial charge < -0.3 is 26.1 Å². The third kappa shape index (κ3) is 10.3. The smallest absolute Gasteiger partial charge is 0.406 e. The van der Waals surface area contributed by atoms with Crippen LogP contribution in [-0.4, -0.2) is 55.9 Å². The summed E-state index contributed by atoms with van der Waals surface area (Å²) in [5.74, 6) is 2.78. The van der Waals surface area contributed by atoms with E-state index in [0.29, 0.717) is 0 Å². The summed E-state index contributed by atoms with van der Waals surface area (Å²) in [6, 6.07) is 5.97. The molecular weight excluding hydrogens is 569 g/mol. The van der Waals surface area contributed by atoms with Crippen molar-refractivity contribution >= 4 is 11.8 Å². The number of aromatic nitrogens is 4. The average Bonchev–Trinajstić information content (AvgIpc) is 3.40. The van der Waals surface area contributed by atoms with Crippen molar-refractivity contribution < 1.29 is 36.3 Å². The number of nitrogens with one attached hydrogen (secondary N) is 2. The maximum absolute atomic E-state index is 14.5. The van der Waals surface area contributed by atoms with E-state index in [-0.39, 0.29) is 37.3 Å². The van der Waals surface area contributed by atoms with Gasteiger partial charge in [0, 0.05) is 49.7 Å². The van der Waals surface area contributed by atoms with Crippen molar-refractivity contribution in [3.8, 4) is 5.75 Å². The molecule has 226 valence electrons. The Kier molecular flexibility index (Phi) is 10.7. The molecule has 0 aliphatic heterocycles. The van der Waals surface area contributed by atoms with Crippen LogP contribution in [-0.2, 0) is 24.4 Å². The van der Waals surface area contributed by atoms with E-state index in [1.54, 1.807) is 6.20 Å². The molecule has 0 saturated carbocycles. The third-order valence-electron chi connectivity index (χ3n) is 5.53. The molecule has 0 bridgehead atoms. The van der Waals surface area contributed by atoms with Gasteiger partial charge in [0.2, 0.25) is 0 Å². The van der Waals surface area contributed by atoms with Crippen LogP contribution in [0.15, 0.2) is 54.6 Å². The van der Waals surface area contributed by atoms with Crippen LogP contribution in [0.25, 0.3) is 0 Å². The van der Waals surface area contributed by atoms with Gasteiger partial charge in [-0.3, -0.25) is 19.3 Å². The number of benzene rings is 1. The lowest BCUT2D eigenvalue weighted by molar-refractivity contribution is -0.274. The summed E-state index contributed by atoms with van der Waals surface area (Å²) < 4.78 is 70.6. The maximum atomic E-state index is 14.5. The van der Waals surface area contributed by atoms with Crippen LogP contribution in [0.5, 0.6) is 5.75 Å². The van der Waals surface area contributed by atoms with Crippen LogP contribution in [0.3, 0.4) is 0 Å². The number of carbonyl (C=O) groups excluding carboxylic acids is 2. The zero-order valence-corrected chi connectivity index (χ0v) is 22.2. The minimum absolute atomic E-state index is 0.0483. The van der Waals surface area contributed by atoms with Crippen molar-refractivity contribution in [1.29, 1.82) is 0 Å². The summed E-state index contributed by atoms with van der Waals surface area (Å²) in [5, 5.41) is 13.3. The number of aryl methyl sites for hydroxylation is 2. The van der Waals surface area contributed by atoms with E-state index in [2.05, 4.69) is 30.7 Å². The highest BCUT2D eigenvalue weighted by molar-refractivity contribution is 5.92. The molecule has 2 amide bonds. The first kappa shape index (κ1) is 31.7. The van der Waals surface area contributed by atoms with Crippen molar-refractivity contribution in [3.63, 3.8) is 0 Å². The average molecular weight is 598 g/mol. The molecule has 1 aromatic carbocycles. The molecule has 6 N–H and O–H groups in total. The Labute approximate surface area is 236 Å². The van der Waals surface area contributed by atoms with E-state index in [4.69, 9.17) is 11.6 Å². The van der Waals surface area contributed by atoms with Crippen LogP contribution < -0.4 is 26.9 Å². The Morgan fingerprint density at radius 3 is 2.64 bits per heavy atom. The number of nitrogens with two attached hydrogens (primary N) is 2. The number of rotatable bonds is 13. The molecule has 0 radical (unpaired) electrons. The second-order valence-electron chi connectivity index (χ2n) is 9.01. The summed E-state index contributed by atoms with van der Waals surface area (Å²) >= 11 is 0. The highest BCUT2D eigenvalue weighted by Gasteiger charge is 2.31. The maximum Gasteiger partial charge on any atom is 0.573 e. The topological polar surface area (TPSA) is 166 Å². The van der Waals surface area contributed by atoms with Gasteiger partial charge in [-0.1, -0.05) is 11.3 Å². The molecule has 2 aromatic heterocycles. The van der Waals surface area contributed by atoms with E-state index in [0.717, 1.165) is 40.7 Å². The number of nitrogens with zero attached hydrogens (tertiary/aromatic N) is 5. The number of halogens is 5. The fourth-order valence-electron chi connectivity index (χ4n) is 3.43. The van der Waals surface area contributed by atoms with Gasteiger partial charge in [-0.2, -0.15) is 0 Å². The Hall–Kier alpha value is -4.80. The van der Waals surface area contributed by atoms with E-state index in [9.17, 15) is 31.5 Å². The summed E-state index contributed by atoms with van der Waals surface area (Å²) in [6.07, 6.45) is -2.58. The summed E-state index contributed by atoms with van der Waals surface area (Å²) in [4.78, 5) is 28.6. The van der Waals surface area contributed by atoms with E-state index in [1.165, 1.54) is 10.9 Å². The first-order valence-electron chi connectivity index (χ1n) is 12.3. The Morgan fingerprint density at radius 1 is 1.19 bits per heavy atom. The van der Waals surface area contributed by atoms with E-state index in [1.807, 2.05) is 19.1 Å². The Balaban J connectivity index is 1.42. The van der Waals surface area contributed by atoms with Crippen LogP contribution in [0, 0.1) is 12.7 Å². The molecule has 2 heterocycles. The molecule has 0 aliphatic rings. The van der Waals surface area contributed by atoms with Gasteiger partial charge in [-0.15, -0.1) is 18.3 Å². The quantitative estimate of drug-likeness (QED) is 0.0997. The monoisotopic (exact) mass is 597 g/mol. The van der Waals surface area contributed by atoms with Gasteiger partial charge in [-0.05, 0) is 36.8 Å². The van der Waals surface area contributed by atoms with Crippen molar-refractivity contribution in [1.82, 2.24) is 35.6 Å². The number of amides is 2. The Bertz CT molecular complexity index is 1400. The number of hydrogen-bond donors (Lipinski definition) is 4. The van der Waals surface area contributed by atoms with Gasteiger partial charge in [0.25, 0.3) is 11.8 Å². The fourth-order valence-corrected chi connectivity index (χ4v) is 3.43. The number of ether oxygens (including phenoxy) is 1. The zero-order chi connectivity index (χ0) is 30.9. The highest BCUT2D eigenvalue weighted by atomic mass is 19.4. The van der Waals surface area contributed by atoms with Gasteiger partial charge in [0.05, 0.1) is 12.7 Å². The van der Waals surface area contributed by atoms with E-state index < -0.39 is 48.2 Å². The second kappa shape index (κ2) is 14.2.